The third-order valence-electron chi connectivity index (χ3n) is 2.82. The molecule has 2 N–H and O–H groups in total. The Morgan fingerprint density at radius 2 is 1.69 bits per heavy atom. The summed E-state index contributed by atoms with van der Waals surface area (Å²) in [5.74, 6) is 0. The van der Waals surface area contributed by atoms with Crippen molar-refractivity contribution in [2.75, 3.05) is 0 Å². The molecule has 2 rings (SSSR count). The van der Waals surface area contributed by atoms with Crippen LogP contribution < -0.4 is 5.73 Å². The zero-order valence-electron chi connectivity index (χ0n) is 9.61. The van der Waals surface area contributed by atoms with Crippen LogP contribution in [0.2, 0.25) is 0 Å². The summed E-state index contributed by atoms with van der Waals surface area (Å²) in [5.41, 5.74) is 11.0. The van der Waals surface area contributed by atoms with E-state index >= 15 is 0 Å². The molecule has 0 saturated carbocycles. The monoisotopic (exact) mass is 211 g/mol. The van der Waals surface area contributed by atoms with E-state index in [-0.39, 0.29) is 0 Å². The highest BCUT2D eigenvalue weighted by Gasteiger charge is 2.02. The fraction of sp³-hybridized carbons (Fsp3) is 0.200. The molecule has 2 aromatic carbocycles. The van der Waals surface area contributed by atoms with Crippen LogP contribution in [0.5, 0.6) is 0 Å². The van der Waals surface area contributed by atoms with Gasteiger partial charge in [-0.1, -0.05) is 54.1 Å². The van der Waals surface area contributed by atoms with Gasteiger partial charge >= 0.3 is 0 Å². The van der Waals surface area contributed by atoms with Gasteiger partial charge in [0.25, 0.3) is 0 Å². The maximum atomic E-state index is 5.75. The Morgan fingerprint density at radius 1 is 0.938 bits per heavy atom. The van der Waals surface area contributed by atoms with Gasteiger partial charge in [-0.3, -0.25) is 0 Å². The molecule has 0 radical (unpaired) electrons. The highest BCUT2D eigenvalue weighted by molar-refractivity contribution is 5.35. The Kier molecular flexibility index (Phi) is 3.37. The molecule has 0 aliphatic carbocycles. The normalized spacial score (nSPS) is 10.4. The molecule has 0 aliphatic rings. The van der Waals surface area contributed by atoms with Gasteiger partial charge in [0, 0.05) is 6.54 Å². The van der Waals surface area contributed by atoms with E-state index < -0.39 is 0 Å². The van der Waals surface area contributed by atoms with E-state index in [1.54, 1.807) is 0 Å². The molecule has 1 heteroatoms. The Balaban J connectivity index is 2.30. The minimum absolute atomic E-state index is 0.614. The van der Waals surface area contributed by atoms with Crippen LogP contribution in [-0.2, 0) is 13.0 Å². The number of aryl methyl sites for hydroxylation is 1. The Hall–Kier alpha value is -1.60. The summed E-state index contributed by atoms with van der Waals surface area (Å²) < 4.78 is 0. The van der Waals surface area contributed by atoms with E-state index in [1.165, 1.54) is 22.3 Å². The quantitative estimate of drug-likeness (QED) is 0.829. The Labute approximate surface area is 96.9 Å². The molecule has 0 aromatic heterocycles. The largest absolute Gasteiger partial charge is 0.326 e. The molecule has 1 nitrogen and oxygen atoms in total. The van der Waals surface area contributed by atoms with Crippen molar-refractivity contribution in [1.29, 1.82) is 0 Å². The van der Waals surface area contributed by atoms with Gasteiger partial charge in [-0.05, 0) is 30.0 Å². The molecule has 0 unspecified atom stereocenters. The summed E-state index contributed by atoms with van der Waals surface area (Å²) in [5, 5.41) is 0. The summed E-state index contributed by atoms with van der Waals surface area (Å²) >= 11 is 0. The fourth-order valence-electron chi connectivity index (χ4n) is 1.93. The van der Waals surface area contributed by atoms with Gasteiger partial charge < -0.3 is 5.73 Å². The van der Waals surface area contributed by atoms with Crippen LogP contribution >= 0.6 is 0 Å². The van der Waals surface area contributed by atoms with Crippen LogP contribution in [0.3, 0.4) is 0 Å². The molecular weight excluding hydrogens is 194 g/mol. The van der Waals surface area contributed by atoms with Gasteiger partial charge in [-0.2, -0.15) is 0 Å². The molecule has 82 valence electrons. The van der Waals surface area contributed by atoms with Crippen LogP contribution in [0.4, 0.5) is 0 Å². The van der Waals surface area contributed by atoms with E-state index in [4.69, 9.17) is 5.73 Å². The first-order chi connectivity index (χ1) is 7.79. The minimum Gasteiger partial charge on any atom is -0.326 e. The van der Waals surface area contributed by atoms with Crippen molar-refractivity contribution in [2.24, 2.45) is 5.73 Å². The predicted molar refractivity (Wildman–Crippen MR) is 68.3 cm³/mol. The highest BCUT2D eigenvalue weighted by atomic mass is 14.5. The van der Waals surface area contributed by atoms with Crippen LogP contribution in [-0.4, -0.2) is 0 Å². The average Bonchev–Trinajstić information content (AvgIpc) is 2.31. The smallest absolute Gasteiger partial charge is 0.0180 e. The second-order valence-corrected chi connectivity index (χ2v) is 4.14. The summed E-state index contributed by atoms with van der Waals surface area (Å²) in [4.78, 5) is 0. The van der Waals surface area contributed by atoms with Gasteiger partial charge in [0.05, 0.1) is 0 Å². The molecule has 0 saturated heterocycles. The zero-order valence-corrected chi connectivity index (χ0v) is 9.61. The van der Waals surface area contributed by atoms with E-state index in [1.807, 2.05) is 6.07 Å². The lowest BCUT2D eigenvalue weighted by Gasteiger charge is -2.09. The molecule has 0 aliphatic heterocycles. The maximum Gasteiger partial charge on any atom is 0.0180 e. The predicted octanol–water partition coefficient (Wildman–Crippen LogP) is 3.04. The van der Waals surface area contributed by atoms with Crippen molar-refractivity contribution >= 4 is 0 Å². The highest BCUT2D eigenvalue weighted by Crippen LogP contribution is 2.15. The molecule has 0 atom stereocenters. The topological polar surface area (TPSA) is 26.0 Å². The maximum absolute atomic E-state index is 5.75. The molecule has 16 heavy (non-hydrogen) atoms. The number of hydrogen-bond acceptors (Lipinski definition) is 1. The molecule has 0 bridgehead atoms. The van der Waals surface area contributed by atoms with Gasteiger partial charge in [-0.15, -0.1) is 0 Å². The first kappa shape index (κ1) is 10.9. The number of nitrogens with two attached hydrogens (primary N) is 1. The fourth-order valence-corrected chi connectivity index (χ4v) is 1.93. The van der Waals surface area contributed by atoms with Gasteiger partial charge in [0.15, 0.2) is 0 Å². The second-order valence-electron chi connectivity index (χ2n) is 4.14. The summed E-state index contributed by atoms with van der Waals surface area (Å²) in [6, 6.07) is 17.0. The van der Waals surface area contributed by atoms with Gasteiger partial charge in [0.2, 0.25) is 0 Å². The third-order valence-corrected chi connectivity index (χ3v) is 2.82. The van der Waals surface area contributed by atoms with Crippen molar-refractivity contribution in [1.82, 2.24) is 0 Å². The van der Waals surface area contributed by atoms with Crippen molar-refractivity contribution in [3.63, 3.8) is 0 Å². The van der Waals surface area contributed by atoms with Crippen LogP contribution in [0.25, 0.3) is 0 Å². The number of hydrogen-bond donors (Lipinski definition) is 1. The third kappa shape index (κ3) is 2.50. The van der Waals surface area contributed by atoms with Crippen molar-refractivity contribution in [2.45, 2.75) is 19.9 Å². The Bertz CT molecular complexity index is 460. The van der Waals surface area contributed by atoms with E-state index in [0.717, 1.165) is 6.42 Å². The second kappa shape index (κ2) is 4.95. The lowest BCUT2D eigenvalue weighted by atomic mass is 9.98. The summed E-state index contributed by atoms with van der Waals surface area (Å²) in [7, 11) is 0. The molecule has 0 spiro atoms. The van der Waals surface area contributed by atoms with Crippen LogP contribution in [0, 0.1) is 6.92 Å². The average molecular weight is 211 g/mol. The summed E-state index contributed by atoms with van der Waals surface area (Å²) in [6.07, 6.45) is 0.967. The van der Waals surface area contributed by atoms with E-state index in [9.17, 15) is 0 Å². The zero-order chi connectivity index (χ0) is 11.4. The van der Waals surface area contributed by atoms with Gasteiger partial charge in [-0.25, -0.2) is 0 Å². The standard InChI is InChI=1S/C15H17N/c1-12-7-8-14(11-16)15(9-12)10-13-5-3-2-4-6-13/h2-9H,10-11,16H2,1H3. The summed E-state index contributed by atoms with van der Waals surface area (Å²) in [6.45, 7) is 2.73. The Morgan fingerprint density at radius 3 is 2.38 bits per heavy atom. The lowest BCUT2D eigenvalue weighted by Crippen LogP contribution is -2.02. The number of benzene rings is 2. The van der Waals surface area contributed by atoms with E-state index in [0.29, 0.717) is 6.54 Å². The molecule has 0 fully saturated rings. The first-order valence-corrected chi connectivity index (χ1v) is 5.62. The molecular formula is C15H17N. The molecule has 0 heterocycles. The molecule has 0 amide bonds. The van der Waals surface area contributed by atoms with Crippen LogP contribution in [0.1, 0.15) is 22.3 Å². The van der Waals surface area contributed by atoms with E-state index in [2.05, 4.69) is 49.4 Å². The first-order valence-electron chi connectivity index (χ1n) is 5.62. The van der Waals surface area contributed by atoms with Gasteiger partial charge in [0.1, 0.15) is 0 Å². The lowest BCUT2D eigenvalue weighted by molar-refractivity contribution is 1.01. The van der Waals surface area contributed by atoms with Crippen molar-refractivity contribution < 1.29 is 0 Å². The minimum atomic E-state index is 0.614. The molecule has 2 aromatic rings. The number of rotatable bonds is 3. The SMILES string of the molecule is Cc1ccc(CN)c(Cc2ccccc2)c1. The van der Waals surface area contributed by atoms with Crippen molar-refractivity contribution in [3.05, 3.63) is 70.8 Å². The van der Waals surface area contributed by atoms with Crippen LogP contribution in [0.15, 0.2) is 48.5 Å². The van der Waals surface area contributed by atoms with Crippen molar-refractivity contribution in [3.8, 4) is 0 Å².